The van der Waals surface area contributed by atoms with Gasteiger partial charge in [-0.2, -0.15) is 0 Å². The molecule has 0 spiro atoms. The van der Waals surface area contributed by atoms with Crippen LogP contribution in [0, 0.1) is 0 Å². The summed E-state index contributed by atoms with van der Waals surface area (Å²) in [5, 5.41) is 3.19. The van der Waals surface area contributed by atoms with Gasteiger partial charge in [-0.25, -0.2) is 0 Å². The van der Waals surface area contributed by atoms with Crippen LogP contribution in [0.15, 0.2) is 24.3 Å². The number of hydrogen-bond donors (Lipinski definition) is 2. The van der Waals surface area contributed by atoms with Gasteiger partial charge in [-0.15, -0.1) is 0 Å². The lowest BCUT2D eigenvalue weighted by atomic mass is 9.84. The van der Waals surface area contributed by atoms with Crippen molar-refractivity contribution >= 4 is 19.2 Å². The Morgan fingerprint density at radius 1 is 1.29 bits per heavy atom. The normalized spacial score (nSPS) is 20.2. The Hall–Kier alpha value is -1.36. The third-order valence-electron chi connectivity index (χ3n) is 4.23. The predicted molar refractivity (Wildman–Crippen MR) is 95.4 cm³/mol. The molecule has 1 heterocycles. The van der Waals surface area contributed by atoms with E-state index in [0.717, 1.165) is 12.1 Å². The topological polar surface area (TPSA) is 90.7 Å². The fourth-order valence-corrected chi connectivity index (χ4v) is 4.88. The summed E-state index contributed by atoms with van der Waals surface area (Å²) in [4.78, 5) is 11.6. The van der Waals surface area contributed by atoms with E-state index in [1.165, 1.54) is 5.56 Å². The van der Waals surface area contributed by atoms with E-state index in [-0.39, 0.29) is 17.9 Å². The van der Waals surface area contributed by atoms with Crippen LogP contribution >= 0.6 is 7.60 Å². The molecule has 0 bridgehead atoms. The molecule has 24 heavy (non-hydrogen) atoms. The Bertz CT molecular complexity index is 598. The van der Waals surface area contributed by atoms with E-state index in [1.807, 2.05) is 32.0 Å². The summed E-state index contributed by atoms with van der Waals surface area (Å²) in [5.74, 6) is -0.138. The lowest BCUT2D eigenvalue weighted by Crippen LogP contribution is -2.39. The van der Waals surface area contributed by atoms with Crippen molar-refractivity contribution in [2.75, 3.05) is 24.7 Å². The van der Waals surface area contributed by atoms with Crippen LogP contribution < -0.4 is 11.1 Å². The second-order valence-corrected chi connectivity index (χ2v) is 8.12. The highest BCUT2D eigenvalue weighted by molar-refractivity contribution is 7.53. The number of nitrogens with one attached hydrogen (secondary N) is 1. The zero-order valence-corrected chi connectivity index (χ0v) is 15.3. The minimum absolute atomic E-state index is 0.205. The average Bonchev–Trinajstić information content (AvgIpc) is 2.55. The quantitative estimate of drug-likeness (QED) is 0.663. The Morgan fingerprint density at radius 3 is 2.58 bits per heavy atom. The maximum absolute atomic E-state index is 12.5. The SMILES string of the molecule is CCOP(=O)(CCC[C@H]1C[C@@H](C(N)=O)Nc2ccccc21)OCC. The molecule has 7 heteroatoms. The van der Waals surface area contributed by atoms with Gasteiger partial charge in [-0.3, -0.25) is 9.36 Å². The van der Waals surface area contributed by atoms with Crippen LogP contribution in [0.1, 0.15) is 44.6 Å². The number of amides is 1. The standard InChI is InChI=1S/C17H27N2O4P/c1-3-22-24(21,23-4-2)11-7-8-13-12-16(17(18)20)19-15-10-6-5-9-14(13)15/h5-6,9-10,13,16,19H,3-4,7-8,11-12H2,1-2H3,(H2,18,20)/t13-,16-/m0/s1. The Balaban J connectivity index is 2.03. The molecule has 1 aromatic carbocycles. The number of rotatable bonds is 9. The van der Waals surface area contributed by atoms with Crippen LogP contribution in [0.2, 0.25) is 0 Å². The number of primary amides is 1. The molecule has 1 aliphatic heterocycles. The zero-order chi connectivity index (χ0) is 17.6. The van der Waals surface area contributed by atoms with Crippen molar-refractivity contribution in [3.05, 3.63) is 29.8 Å². The van der Waals surface area contributed by atoms with E-state index < -0.39 is 7.60 Å². The summed E-state index contributed by atoms with van der Waals surface area (Å²) in [7, 11) is -3.01. The van der Waals surface area contributed by atoms with E-state index in [1.54, 1.807) is 0 Å². The molecule has 0 aliphatic carbocycles. The molecule has 134 valence electrons. The Kier molecular flexibility index (Phi) is 6.84. The lowest BCUT2D eigenvalue weighted by Gasteiger charge is -2.32. The van der Waals surface area contributed by atoms with Crippen LogP contribution in [-0.4, -0.2) is 31.3 Å². The molecule has 0 saturated heterocycles. The summed E-state index contributed by atoms with van der Waals surface area (Å²) in [6.07, 6.45) is 2.57. The molecule has 0 saturated carbocycles. The first-order valence-electron chi connectivity index (χ1n) is 8.52. The van der Waals surface area contributed by atoms with Gasteiger partial charge in [0.25, 0.3) is 0 Å². The van der Waals surface area contributed by atoms with Crippen molar-refractivity contribution in [1.82, 2.24) is 0 Å². The third-order valence-corrected chi connectivity index (χ3v) is 6.40. The number of hydrogen-bond acceptors (Lipinski definition) is 5. The zero-order valence-electron chi connectivity index (χ0n) is 14.4. The van der Waals surface area contributed by atoms with E-state index in [9.17, 15) is 9.36 Å². The number of anilines is 1. The average molecular weight is 354 g/mol. The molecule has 0 radical (unpaired) electrons. The number of nitrogens with two attached hydrogens (primary N) is 1. The van der Waals surface area contributed by atoms with Gasteiger partial charge in [0.05, 0.1) is 19.4 Å². The predicted octanol–water partition coefficient (Wildman–Crippen LogP) is 3.49. The first kappa shape index (κ1) is 19.0. The number of fused-ring (bicyclic) bond motifs is 1. The van der Waals surface area contributed by atoms with Crippen molar-refractivity contribution in [3.63, 3.8) is 0 Å². The van der Waals surface area contributed by atoms with Gasteiger partial charge in [-0.05, 0) is 50.7 Å². The number of para-hydroxylation sites is 1. The van der Waals surface area contributed by atoms with Gasteiger partial charge >= 0.3 is 7.60 Å². The van der Waals surface area contributed by atoms with Crippen molar-refractivity contribution < 1.29 is 18.4 Å². The van der Waals surface area contributed by atoms with Crippen molar-refractivity contribution in [2.24, 2.45) is 5.73 Å². The molecule has 6 nitrogen and oxygen atoms in total. The van der Waals surface area contributed by atoms with Crippen molar-refractivity contribution in [3.8, 4) is 0 Å². The van der Waals surface area contributed by atoms with Gasteiger partial charge in [0.1, 0.15) is 6.04 Å². The molecule has 2 rings (SSSR count). The third kappa shape index (κ3) is 4.82. The summed E-state index contributed by atoms with van der Waals surface area (Å²) >= 11 is 0. The molecule has 0 fully saturated rings. The molecule has 0 aromatic heterocycles. The molecule has 1 aliphatic rings. The molecular formula is C17H27N2O4P. The van der Waals surface area contributed by atoms with Gasteiger partial charge in [-0.1, -0.05) is 18.2 Å². The maximum Gasteiger partial charge on any atom is 0.330 e. The van der Waals surface area contributed by atoms with Gasteiger partial charge < -0.3 is 20.1 Å². The van der Waals surface area contributed by atoms with Crippen molar-refractivity contribution in [1.29, 1.82) is 0 Å². The fraction of sp³-hybridized carbons (Fsp3) is 0.588. The van der Waals surface area contributed by atoms with Crippen LogP contribution in [0.5, 0.6) is 0 Å². The largest absolute Gasteiger partial charge is 0.373 e. The van der Waals surface area contributed by atoms with Crippen LogP contribution in [0.3, 0.4) is 0 Å². The molecular weight excluding hydrogens is 327 g/mol. The highest BCUT2D eigenvalue weighted by Crippen LogP contribution is 2.49. The second-order valence-electron chi connectivity index (χ2n) is 5.93. The van der Waals surface area contributed by atoms with E-state index >= 15 is 0 Å². The molecule has 3 N–H and O–H groups in total. The van der Waals surface area contributed by atoms with Crippen LogP contribution in [-0.2, 0) is 18.4 Å². The molecule has 2 atom stereocenters. The smallest absolute Gasteiger partial charge is 0.330 e. The fourth-order valence-electron chi connectivity index (χ4n) is 3.19. The molecule has 1 amide bonds. The number of benzene rings is 1. The first-order chi connectivity index (χ1) is 11.5. The Labute approximate surface area is 143 Å². The summed E-state index contributed by atoms with van der Waals surface area (Å²) in [5.41, 5.74) is 7.61. The minimum atomic E-state index is -3.01. The minimum Gasteiger partial charge on any atom is -0.373 e. The van der Waals surface area contributed by atoms with Crippen molar-refractivity contribution in [2.45, 2.75) is 45.1 Å². The summed E-state index contributed by atoms with van der Waals surface area (Å²) in [6, 6.07) is 7.58. The molecule has 0 unspecified atom stereocenters. The van der Waals surface area contributed by atoms with E-state index in [0.29, 0.717) is 32.2 Å². The number of carbonyl (C=O) groups excluding carboxylic acids is 1. The summed E-state index contributed by atoms with van der Waals surface area (Å²) in [6.45, 7) is 4.37. The Morgan fingerprint density at radius 2 is 1.96 bits per heavy atom. The number of carbonyl (C=O) groups is 1. The van der Waals surface area contributed by atoms with Gasteiger partial charge in [0.15, 0.2) is 0 Å². The van der Waals surface area contributed by atoms with E-state index in [2.05, 4.69) is 11.4 Å². The lowest BCUT2D eigenvalue weighted by molar-refractivity contribution is -0.119. The summed E-state index contributed by atoms with van der Waals surface area (Å²) < 4.78 is 23.2. The van der Waals surface area contributed by atoms with E-state index in [4.69, 9.17) is 14.8 Å². The van der Waals surface area contributed by atoms with Gasteiger partial charge in [0.2, 0.25) is 5.91 Å². The van der Waals surface area contributed by atoms with Gasteiger partial charge in [0, 0.05) is 5.69 Å². The maximum atomic E-state index is 12.5. The van der Waals surface area contributed by atoms with Crippen LogP contribution in [0.4, 0.5) is 5.69 Å². The molecule has 1 aromatic rings. The highest BCUT2D eigenvalue weighted by atomic mass is 31.2. The highest BCUT2D eigenvalue weighted by Gasteiger charge is 2.30. The van der Waals surface area contributed by atoms with Crippen LogP contribution in [0.25, 0.3) is 0 Å². The first-order valence-corrected chi connectivity index (χ1v) is 10.2. The monoisotopic (exact) mass is 354 g/mol. The second kappa shape index (κ2) is 8.65.